The molecule has 19 heavy (non-hydrogen) atoms. The zero-order chi connectivity index (χ0) is 14.5. The van der Waals surface area contributed by atoms with Gasteiger partial charge >= 0.3 is 134 Å². The SMILES string of the molecule is CCC=C(c1ccccc1)[PH]([Zr][Cl])(C(C)C)C(C)C. The van der Waals surface area contributed by atoms with Gasteiger partial charge in [-0.2, -0.15) is 0 Å². The molecule has 1 aromatic carbocycles. The van der Waals surface area contributed by atoms with E-state index in [1.54, 1.807) is 5.31 Å². The normalized spacial score (nSPS) is 14.0. The van der Waals surface area contributed by atoms with E-state index in [4.69, 9.17) is 8.51 Å². The summed E-state index contributed by atoms with van der Waals surface area (Å²) < 4.78 is -1.52. The van der Waals surface area contributed by atoms with E-state index >= 15 is 0 Å². The first kappa shape index (κ1) is 17.6. The van der Waals surface area contributed by atoms with Crippen LogP contribution in [0.25, 0.3) is 5.31 Å². The second-order valence-corrected chi connectivity index (χ2v) is 21.3. The minimum absolute atomic E-state index is 0.731. The molecule has 0 amide bonds. The molecule has 0 aromatic heterocycles. The standard InChI is InChI=1S/C16H25P.ClH.Zr/c1-6-10-16(15-11-8-7-9-12-15)17(13(2)3)14(4)5;;/h7-14H,6H2,1-5H3;1H;. The zero-order valence-electron chi connectivity index (χ0n) is 12.7. The Labute approximate surface area is 133 Å². The molecule has 1 rings (SSSR count). The van der Waals surface area contributed by atoms with Gasteiger partial charge in [0.1, 0.15) is 0 Å². The molecule has 0 unspecified atom stereocenters. The van der Waals surface area contributed by atoms with Crippen LogP contribution >= 0.6 is 13.1 Å². The van der Waals surface area contributed by atoms with Gasteiger partial charge in [0.05, 0.1) is 0 Å². The number of allylic oxidation sites excluding steroid dienone is 1. The van der Waals surface area contributed by atoms with Gasteiger partial charge in [0.25, 0.3) is 0 Å². The molecule has 0 saturated carbocycles. The van der Waals surface area contributed by atoms with E-state index in [1.807, 2.05) is 0 Å². The molecule has 0 fully saturated rings. The van der Waals surface area contributed by atoms with E-state index in [0.717, 1.165) is 17.7 Å². The van der Waals surface area contributed by atoms with Crippen LogP contribution in [0.1, 0.15) is 46.6 Å². The van der Waals surface area contributed by atoms with E-state index in [0.29, 0.717) is 0 Å². The molecule has 0 aliphatic carbocycles. The monoisotopic (exact) mass is 374 g/mol. The molecule has 0 aliphatic rings. The summed E-state index contributed by atoms with van der Waals surface area (Å²) in [6, 6.07) is 10.9. The molecule has 0 aliphatic heterocycles. The van der Waals surface area contributed by atoms with Crippen LogP contribution < -0.4 is 0 Å². The number of benzene rings is 1. The zero-order valence-corrected chi connectivity index (χ0v) is 16.9. The maximum atomic E-state index is 6.69. The van der Waals surface area contributed by atoms with Crippen LogP contribution in [0.4, 0.5) is 0 Å². The van der Waals surface area contributed by atoms with E-state index in [1.165, 1.54) is 5.56 Å². The Morgan fingerprint density at radius 2 is 1.68 bits per heavy atom. The summed E-state index contributed by atoms with van der Waals surface area (Å²) in [5.74, 6) is 0. The van der Waals surface area contributed by atoms with Crippen molar-refractivity contribution < 1.29 is 21.5 Å². The average molecular weight is 376 g/mol. The van der Waals surface area contributed by atoms with Crippen LogP contribution in [0, 0.1) is 0 Å². The summed E-state index contributed by atoms with van der Waals surface area (Å²) >= 11 is -0.845. The Kier molecular flexibility index (Phi) is 7.52. The summed E-state index contributed by atoms with van der Waals surface area (Å²) in [4.78, 5) is 0. The Morgan fingerprint density at radius 1 is 1.16 bits per heavy atom. The third-order valence-corrected chi connectivity index (χ3v) is 27.6. The molecule has 0 N–H and O–H groups in total. The quantitative estimate of drug-likeness (QED) is 0.522. The van der Waals surface area contributed by atoms with Crippen molar-refractivity contribution in [2.75, 3.05) is 0 Å². The molecule has 106 valence electrons. The first-order chi connectivity index (χ1) is 9.00. The third kappa shape index (κ3) is 3.81. The second-order valence-electron chi connectivity index (χ2n) is 5.66. The molecule has 0 bridgehead atoms. The van der Waals surface area contributed by atoms with Gasteiger partial charge < -0.3 is 0 Å². The van der Waals surface area contributed by atoms with Gasteiger partial charge in [-0.25, -0.2) is 0 Å². The average Bonchev–Trinajstić information content (AvgIpc) is 2.39. The fraction of sp³-hybridized carbons (Fsp3) is 0.500. The molecular formula is C16H26ClPZr. The Bertz CT molecular complexity index is 404. The molecule has 0 spiro atoms. The predicted molar refractivity (Wildman–Crippen MR) is 89.2 cm³/mol. The number of hydrogen-bond donors (Lipinski definition) is 0. The maximum absolute atomic E-state index is 6.69. The molecular weight excluding hydrogens is 350 g/mol. The predicted octanol–water partition coefficient (Wildman–Crippen LogP) is 6.16. The topological polar surface area (TPSA) is 0 Å². The Balaban J connectivity index is 3.42. The van der Waals surface area contributed by atoms with Gasteiger partial charge in [-0.3, -0.25) is 0 Å². The van der Waals surface area contributed by atoms with Crippen molar-refractivity contribution in [1.29, 1.82) is 0 Å². The van der Waals surface area contributed by atoms with Crippen molar-refractivity contribution >= 4 is 18.4 Å². The van der Waals surface area contributed by atoms with Crippen molar-refractivity contribution in [2.45, 2.75) is 52.4 Å². The van der Waals surface area contributed by atoms with Crippen molar-refractivity contribution in [3.8, 4) is 0 Å². The summed E-state index contributed by atoms with van der Waals surface area (Å²) in [5, 5.41) is 1.63. The summed E-state index contributed by atoms with van der Waals surface area (Å²) in [6.45, 7) is 11.8. The second kappa shape index (κ2) is 8.12. The molecule has 0 nitrogen and oxygen atoms in total. The molecule has 0 saturated heterocycles. The van der Waals surface area contributed by atoms with E-state index in [-0.39, 0.29) is 0 Å². The van der Waals surface area contributed by atoms with Gasteiger partial charge in [0, 0.05) is 0 Å². The van der Waals surface area contributed by atoms with Gasteiger partial charge in [-0.1, -0.05) is 0 Å². The van der Waals surface area contributed by atoms with Crippen LogP contribution in [0.2, 0.25) is 0 Å². The molecule has 0 heterocycles. The molecule has 3 heteroatoms. The van der Waals surface area contributed by atoms with Crippen molar-refractivity contribution in [1.82, 2.24) is 0 Å². The van der Waals surface area contributed by atoms with Crippen molar-refractivity contribution in [3.63, 3.8) is 0 Å². The van der Waals surface area contributed by atoms with Gasteiger partial charge in [0.15, 0.2) is 0 Å². The van der Waals surface area contributed by atoms with Crippen LogP contribution in [-0.2, 0) is 21.5 Å². The number of rotatable bonds is 6. The van der Waals surface area contributed by atoms with E-state index < -0.39 is 26.0 Å². The fourth-order valence-electron chi connectivity index (χ4n) is 2.91. The van der Waals surface area contributed by atoms with Crippen molar-refractivity contribution in [2.24, 2.45) is 0 Å². The Morgan fingerprint density at radius 3 is 2.05 bits per heavy atom. The van der Waals surface area contributed by atoms with Gasteiger partial charge in [0.2, 0.25) is 0 Å². The summed E-state index contributed by atoms with van der Waals surface area (Å²) in [7, 11) is 6.69. The summed E-state index contributed by atoms with van der Waals surface area (Å²) in [5.41, 5.74) is 2.88. The first-order valence-corrected chi connectivity index (χ1v) is 16.1. The van der Waals surface area contributed by atoms with Crippen LogP contribution in [0.3, 0.4) is 0 Å². The minimum atomic E-state index is -1.52. The van der Waals surface area contributed by atoms with Gasteiger partial charge in [-0.15, -0.1) is 0 Å². The molecule has 0 radical (unpaired) electrons. The molecule has 0 atom stereocenters. The summed E-state index contributed by atoms with van der Waals surface area (Å²) in [6.07, 6.45) is 3.57. The van der Waals surface area contributed by atoms with Crippen molar-refractivity contribution in [3.05, 3.63) is 42.0 Å². The van der Waals surface area contributed by atoms with E-state index in [9.17, 15) is 0 Å². The first-order valence-electron chi connectivity index (χ1n) is 7.14. The number of halogens is 1. The van der Waals surface area contributed by atoms with Crippen LogP contribution in [-0.4, -0.2) is 11.3 Å². The fourth-order valence-corrected chi connectivity index (χ4v) is 22.5. The Hall–Kier alpha value is 0.563. The van der Waals surface area contributed by atoms with Crippen LogP contribution in [0.5, 0.6) is 0 Å². The van der Waals surface area contributed by atoms with Gasteiger partial charge in [-0.05, 0) is 0 Å². The van der Waals surface area contributed by atoms with Crippen LogP contribution in [0.15, 0.2) is 36.4 Å². The third-order valence-electron chi connectivity index (χ3n) is 3.92. The van der Waals surface area contributed by atoms with E-state index in [2.05, 4.69) is 71.0 Å². The number of hydrogen-bond acceptors (Lipinski definition) is 0. The molecule has 1 aromatic rings.